The minimum absolute atomic E-state index is 0.239. The summed E-state index contributed by atoms with van der Waals surface area (Å²) in [4.78, 5) is 31.2. The molecule has 8 nitrogen and oxygen atoms in total. The Bertz CT molecular complexity index is 2350. The van der Waals surface area contributed by atoms with Crippen LogP contribution in [0.3, 0.4) is 0 Å². The largest absolute Gasteiger partial charge is 0.478 e. The molecule has 2 aliphatic carbocycles. The Morgan fingerprint density at radius 2 is 0.983 bits per heavy atom. The Morgan fingerprint density at radius 3 is 1.40 bits per heavy atom. The van der Waals surface area contributed by atoms with Gasteiger partial charge in [-0.3, -0.25) is 9.97 Å². The van der Waals surface area contributed by atoms with Crippen molar-refractivity contribution in [2.45, 2.75) is 88.1 Å². The van der Waals surface area contributed by atoms with Gasteiger partial charge in [0.25, 0.3) is 0 Å². The van der Waals surface area contributed by atoms with Crippen LogP contribution in [0.4, 0.5) is 0 Å². The summed E-state index contributed by atoms with van der Waals surface area (Å²) < 4.78 is 0. The average molecular weight is 797 g/mol. The molecule has 4 aromatic carbocycles. The number of benzene rings is 4. The fourth-order valence-corrected chi connectivity index (χ4v) is 9.45. The number of aromatic carboxylic acids is 2. The molecule has 4 N–H and O–H groups in total. The normalized spacial score (nSPS) is 18.1. The van der Waals surface area contributed by atoms with Crippen molar-refractivity contribution >= 4 is 11.9 Å². The van der Waals surface area contributed by atoms with Gasteiger partial charge in [0.1, 0.15) is 0 Å². The summed E-state index contributed by atoms with van der Waals surface area (Å²) >= 11 is 0. The maximum Gasteiger partial charge on any atom is 0.336 e. The van der Waals surface area contributed by atoms with Crippen molar-refractivity contribution in [3.8, 4) is 22.3 Å². The maximum atomic E-state index is 11.5. The molecular weight excluding hydrogens is 745 g/mol. The molecule has 60 heavy (non-hydrogen) atoms. The van der Waals surface area contributed by atoms with E-state index in [0.717, 1.165) is 61.7 Å². The van der Waals surface area contributed by atoms with Crippen LogP contribution in [0.15, 0.2) is 122 Å². The van der Waals surface area contributed by atoms with Gasteiger partial charge in [-0.2, -0.15) is 0 Å². The number of carbonyl (C=O) groups is 2. The van der Waals surface area contributed by atoms with Gasteiger partial charge < -0.3 is 20.8 Å². The quantitative estimate of drug-likeness (QED) is 0.0965. The van der Waals surface area contributed by atoms with Gasteiger partial charge in [0.05, 0.1) is 11.1 Å². The van der Waals surface area contributed by atoms with E-state index in [1.165, 1.54) is 81.3 Å². The Hall–Kier alpha value is -5.96. The molecule has 10 rings (SSSR count). The fourth-order valence-electron chi connectivity index (χ4n) is 9.45. The van der Waals surface area contributed by atoms with Crippen molar-refractivity contribution in [3.05, 3.63) is 177 Å². The predicted molar refractivity (Wildman–Crippen MR) is 236 cm³/mol. The third-order valence-corrected chi connectivity index (χ3v) is 12.9. The van der Waals surface area contributed by atoms with Gasteiger partial charge in [0, 0.05) is 36.9 Å². The molecule has 0 radical (unpaired) electrons. The second-order valence-corrected chi connectivity index (χ2v) is 16.8. The van der Waals surface area contributed by atoms with Crippen LogP contribution in [0.5, 0.6) is 0 Å². The zero-order valence-corrected chi connectivity index (χ0v) is 33.9. The molecule has 2 atom stereocenters. The molecule has 6 aromatic rings. The van der Waals surface area contributed by atoms with E-state index in [-0.39, 0.29) is 12.1 Å². The lowest BCUT2D eigenvalue weighted by molar-refractivity contribution is 0.0684. The molecule has 0 saturated heterocycles. The molecule has 4 heterocycles. The van der Waals surface area contributed by atoms with Crippen molar-refractivity contribution in [1.82, 2.24) is 20.6 Å². The highest BCUT2D eigenvalue weighted by Crippen LogP contribution is 2.46. The molecule has 4 aliphatic rings. The number of nitrogens with zero attached hydrogens (tertiary/aromatic N) is 2. The summed E-state index contributed by atoms with van der Waals surface area (Å²) in [5.41, 5.74) is 16.2. The molecule has 2 aromatic heterocycles. The molecule has 0 bridgehead atoms. The highest BCUT2D eigenvalue weighted by molar-refractivity contribution is 5.89. The van der Waals surface area contributed by atoms with Crippen LogP contribution in [0, 0.1) is 0 Å². The molecule has 2 fully saturated rings. The van der Waals surface area contributed by atoms with Gasteiger partial charge in [-0.15, -0.1) is 0 Å². The van der Waals surface area contributed by atoms with Crippen LogP contribution < -0.4 is 10.6 Å². The van der Waals surface area contributed by atoms with Crippen LogP contribution in [-0.2, 0) is 25.7 Å². The fraction of sp³-hybridized carbons (Fsp3) is 0.308. The summed E-state index contributed by atoms with van der Waals surface area (Å²) in [6.07, 6.45) is 16.8. The molecule has 2 aliphatic heterocycles. The van der Waals surface area contributed by atoms with Gasteiger partial charge >= 0.3 is 11.9 Å². The van der Waals surface area contributed by atoms with Crippen LogP contribution in [0.25, 0.3) is 22.3 Å². The lowest BCUT2D eigenvalue weighted by Gasteiger charge is -2.28. The number of carboxylic acid groups (broad SMARTS) is 2. The molecule has 0 amide bonds. The molecule has 2 saturated carbocycles. The summed E-state index contributed by atoms with van der Waals surface area (Å²) in [6, 6.07) is 35.1. The zero-order valence-electron chi connectivity index (χ0n) is 33.9. The van der Waals surface area contributed by atoms with Crippen LogP contribution >= 0.6 is 0 Å². The first-order valence-corrected chi connectivity index (χ1v) is 21.6. The Balaban J connectivity index is 0.000000154. The van der Waals surface area contributed by atoms with Gasteiger partial charge in [-0.05, 0) is 168 Å². The van der Waals surface area contributed by atoms with Crippen molar-refractivity contribution in [2.75, 3.05) is 13.1 Å². The number of pyridine rings is 2. The summed E-state index contributed by atoms with van der Waals surface area (Å²) in [5.74, 6) is -0.309. The third kappa shape index (κ3) is 8.81. The lowest BCUT2D eigenvalue weighted by Crippen LogP contribution is -2.30. The second kappa shape index (κ2) is 17.7. The number of fused-ring (bicyclic) bond motifs is 2. The zero-order chi connectivity index (χ0) is 41.0. The first kappa shape index (κ1) is 39.5. The number of aryl methyl sites for hydroxylation is 2. The van der Waals surface area contributed by atoms with Gasteiger partial charge in [0.15, 0.2) is 0 Å². The van der Waals surface area contributed by atoms with Crippen LogP contribution in [-0.4, -0.2) is 45.2 Å². The minimum Gasteiger partial charge on any atom is -0.478 e. The smallest absolute Gasteiger partial charge is 0.336 e. The SMILES string of the molecule is O=C(O)c1ccncc1CC[C@@H]1NCCc2cc(-c3ccccc3C3CC3)ccc21.O=C(O)c1ccncc1CC[C@H]1NCCc2cc(-c3ccccc3C3CC3)ccc21. The molecule has 8 heteroatoms. The topological polar surface area (TPSA) is 124 Å². The molecule has 304 valence electrons. The van der Waals surface area contributed by atoms with E-state index in [2.05, 4.69) is 106 Å². The molecule has 0 unspecified atom stereocenters. The first-order chi connectivity index (χ1) is 29.4. The summed E-state index contributed by atoms with van der Waals surface area (Å²) in [7, 11) is 0. The first-order valence-electron chi connectivity index (χ1n) is 21.6. The summed E-state index contributed by atoms with van der Waals surface area (Å²) in [6.45, 7) is 1.90. The Kier molecular flexibility index (Phi) is 11.7. The standard InChI is InChI=1S/2C26H26N2O2/c2*29-26(30)24-12-13-27-16-20(24)8-10-25-23-9-7-18(15-19(23)11-14-28-25)22-4-2-1-3-21(22)17-5-6-17/h2*1-4,7,9,12-13,15-17,25,28H,5-6,8,10-11,14H2,(H,29,30)/t2*25-/m10/s1. The van der Waals surface area contributed by atoms with E-state index in [0.29, 0.717) is 24.0 Å². The number of hydrogen-bond acceptors (Lipinski definition) is 6. The molecular formula is C52H52N4O4. The number of nitrogens with one attached hydrogen (secondary N) is 2. The van der Waals surface area contributed by atoms with Crippen molar-refractivity contribution in [1.29, 1.82) is 0 Å². The lowest BCUT2D eigenvalue weighted by atomic mass is 9.87. The number of carboxylic acids is 2. The molecule has 0 spiro atoms. The highest BCUT2D eigenvalue weighted by Gasteiger charge is 2.29. The van der Waals surface area contributed by atoms with E-state index in [4.69, 9.17) is 0 Å². The van der Waals surface area contributed by atoms with Gasteiger partial charge in [-0.1, -0.05) is 84.9 Å². The highest BCUT2D eigenvalue weighted by atomic mass is 16.4. The number of hydrogen-bond donors (Lipinski definition) is 4. The Labute approximate surface area is 352 Å². The second-order valence-electron chi connectivity index (χ2n) is 16.8. The van der Waals surface area contributed by atoms with E-state index < -0.39 is 11.9 Å². The Morgan fingerprint density at radius 1 is 0.550 bits per heavy atom. The summed E-state index contributed by atoms with van der Waals surface area (Å²) in [5, 5.41) is 26.1. The van der Waals surface area contributed by atoms with Crippen molar-refractivity contribution < 1.29 is 19.8 Å². The maximum absolute atomic E-state index is 11.5. The van der Waals surface area contributed by atoms with Gasteiger partial charge in [0.2, 0.25) is 0 Å². The van der Waals surface area contributed by atoms with Gasteiger partial charge in [-0.25, -0.2) is 9.59 Å². The van der Waals surface area contributed by atoms with E-state index >= 15 is 0 Å². The van der Waals surface area contributed by atoms with E-state index in [9.17, 15) is 19.8 Å². The monoisotopic (exact) mass is 796 g/mol. The van der Waals surface area contributed by atoms with Crippen molar-refractivity contribution in [3.63, 3.8) is 0 Å². The van der Waals surface area contributed by atoms with Crippen molar-refractivity contribution in [2.24, 2.45) is 0 Å². The predicted octanol–water partition coefficient (Wildman–Crippen LogP) is 10.3. The number of rotatable bonds is 12. The van der Waals surface area contributed by atoms with Crippen LogP contribution in [0.2, 0.25) is 0 Å². The third-order valence-electron chi connectivity index (χ3n) is 12.9. The van der Waals surface area contributed by atoms with E-state index in [1.54, 1.807) is 36.9 Å². The number of aromatic nitrogens is 2. The minimum atomic E-state index is -0.886. The van der Waals surface area contributed by atoms with Crippen LogP contribution in [0.1, 0.15) is 128 Å². The van der Waals surface area contributed by atoms with E-state index in [1.807, 2.05) is 0 Å². The average Bonchev–Trinajstić information content (AvgIpc) is 4.23.